The first kappa shape index (κ1) is 20.7. The molecule has 0 amide bonds. The molecule has 2 aromatic heterocycles. The van der Waals surface area contributed by atoms with Gasteiger partial charge in [-0.1, -0.05) is 32.0 Å². The van der Waals surface area contributed by atoms with E-state index in [1.54, 1.807) is 19.2 Å². The Balaban J connectivity index is 1.82. The van der Waals surface area contributed by atoms with Crippen LogP contribution in [0.2, 0.25) is 0 Å². The Morgan fingerprint density at radius 1 is 1.16 bits per heavy atom. The SMILES string of the molecule is COCCCn1c(N=Nc2c(O)[nH]c3ccc(C(C)C)cc23)nc2ccccc2c1=O. The molecule has 0 unspecified atom stereocenters. The van der Waals surface area contributed by atoms with E-state index in [0.29, 0.717) is 42.1 Å². The highest BCUT2D eigenvalue weighted by molar-refractivity contribution is 5.94. The third-order valence-corrected chi connectivity index (χ3v) is 5.25. The van der Waals surface area contributed by atoms with Crippen LogP contribution >= 0.6 is 0 Å². The summed E-state index contributed by atoms with van der Waals surface area (Å²) in [7, 11) is 1.62. The minimum absolute atomic E-state index is 0.0753. The molecule has 160 valence electrons. The number of aromatic hydroxyl groups is 1. The molecular weight excluding hydrogens is 394 g/mol. The molecule has 0 bridgehead atoms. The van der Waals surface area contributed by atoms with Gasteiger partial charge in [0.25, 0.3) is 11.5 Å². The molecule has 8 heteroatoms. The molecule has 2 N–H and O–H groups in total. The summed E-state index contributed by atoms with van der Waals surface area (Å²) >= 11 is 0. The number of aromatic amines is 1. The van der Waals surface area contributed by atoms with Crippen LogP contribution in [0.4, 0.5) is 11.6 Å². The average molecular weight is 419 g/mol. The molecule has 0 radical (unpaired) electrons. The van der Waals surface area contributed by atoms with Crippen molar-refractivity contribution >= 4 is 33.4 Å². The van der Waals surface area contributed by atoms with Crippen LogP contribution in [0, 0.1) is 0 Å². The lowest BCUT2D eigenvalue weighted by Crippen LogP contribution is -2.22. The van der Waals surface area contributed by atoms with Gasteiger partial charge in [0, 0.05) is 25.6 Å². The van der Waals surface area contributed by atoms with Crippen LogP contribution < -0.4 is 5.56 Å². The smallest absolute Gasteiger partial charge is 0.262 e. The van der Waals surface area contributed by atoms with Crippen LogP contribution in [0.15, 0.2) is 57.5 Å². The Morgan fingerprint density at radius 3 is 2.74 bits per heavy atom. The number of nitrogens with one attached hydrogen (secondary N) is 1. The summed E-state index contributed by atoms with van der Waals surface area (Å²) in [6.07, 6.45) is 0.634. The molecule has 4 rings (SSSR count). The van der Waals surface area contributed by atoms with Crippen molar-refractivity contribution in [1.82, 2.24) is 14.5 Å². The maximum absolute atomic E-state index is 13.0. The van der Waals surface area contributed by atoms with E-state index in [0.717, 1.165) is 16.5 Å². The van der Waals surface area contributed by atoms with E-state index in [1.807, 2.05) is 30.3 Å². The molecule has 0 aliphatic carbocycles. The highest BCUT2D eigenvalue weighted by Crippen LogP contribution is 2.37. The molecule has 0 fully saturated rings. The predicted molar refractivity (Wildman–Crippen MR) is 121 cm³/mol. The summed E-state index contributed by atoms with van der Waals surface area (Å²) < 4.78 is 6.61. The van der Waals surface area contributed by atoms with E-state index in [9.17, 15) is 9.90 Å². The molecule has 0 spiro atoms. The Kier molecular flexibility index (Phi) is 5.81. The van der Waals surface area contributed by atoms with Crippen molar-refractivity contribution in [3.63, 3.8) is 0 Å². The van der Waals surface area contributed by atoms with Gasteiger partial charge in [-0.2, -0.15) is 0 Å². The largest absolute Gasteiger partial charge is 0.493 e. The van der Waals surface area contributed by atoms with Crippen LogP contribution in [0.5, 0.6) is 5.88 Å². The van der Waals surface area contributed by atoms with E-state index in [1.165, 1.54) is 4.57 Å². The molecule has 2 heterocycles. The molecule has 4 aromatic rings. The monoisotopic (exact) mass is 419 g/mol. The summed E-state index contributed by atoms with van der Waals surface area (Å²) in [5, 5.41) is 20.3. The zero-order chi connectivity index (χ0) is 22.0. The lowest BCUT2D eigenvalue weighted by Gasteiger charge is -2.09. The van der Waals surface area contributed by atoms with Gasteiger partial charge in [-0.3, -0.25) is 9.36 Å². The number of fused-ring (bicyclic) bond motifs is 2. The number of nitrogens with zero attached hydrogens (tertiary/aromatic N) is 4. The van der Waals surface area contributed by atoms with Crippen molar-refractivity contribution in [2.45, 2.75) is 32.7 Å². The predicted octanol–water partition coefficient (Wildman–Crippen LogP) is 5.16. The normalized spacial score (nSPS) is 12.0. The Hall–Kier alpha value is -3.52. The Morgan fingerprint density at radius 2 is 1.97 bits per heavy atom. The van der Waals surface area contributed by atoms with Gasteiger partial charge in [-0.05, 0) is 42.2 Å². The summed E-state index contributed by atoms with van der Waals surface area (Å²) in [6.45, 7) is 5.12. The Labute approximate surface area is 179 Å². The van der Waals surface area contributed by atoms with Crippen LogP contribution in [0.3, 0.4) is 0 Å². The fourth-order valence-electron chi connectivity index (χ4n) is 3.54. The fourth-order valence-corrected chi connectivity index (χ4v) is 3.54. The second-order valence-electron chi connectivity index (χ2n) is 7.71. The van der Waals surface area contributed by atoms with Crippen molar-refractivity contribution < 1.29 is 9.84 Å². The fraction of sp³-hybridized carbons (Fsp3) is 0.304. The molecule has 0 saturated heterocycles. The summed E-state index contributed by atoms with van der Waals surface area (Å²) in [5.74, 6) is 0.446. The molecule has 0 atom stereocenters. The first-order valence-corrected chi connectivity index (χ1v) is 10.2. The van der Waals surface area contributed by atoms with Crippen LogP contribution in [-0.4, -0.2) is 33.4 Å². The van der Waals surface area contributed by atoms with Gasteiger partial charge in [0.15, 0.2) is 5.69 Å². The van der Waals surface area contributed by atoms with E-state index in [4.69, 9.17) is 4.74 Å². The third kappa shape index (κ3) is 4.06. The average Bonchev–Trinajstić information content (AvgIpc) is 3.08. The maximum atomic E-state index is 13.0. The zero-order valence-corrected chi connectivity index (χ0v) is 17.8. The lowest BCUT2D eigenvalue weighted by atomic mass is 10.0. The summed E-state index contributed by atoms with van der Waals surface area (Å²) in [4.78, 5) is 20.5. The van der Waals surface area contributed by atoms with E-state index < -0.39 is 0 Å². The molecule has 2 aromatic carbocycles. The number of ether oxygens (including phenoxy) is 1. The van der Waals surface area contributed by atoms with Crippen molar-refractivity contribution in [2.75, 3.05) is 13.7 Å². The zero-order valence-electron chi connectivity index (χ0n) is 17.8. The van der Waals surface area contributed by atoms with Gasteiger partial charge in [-0.15, -0.1) is 10.2 Å². The van der Waals surface area contributed by atoms with Crippen LogP contribution in [-0.2, 0) is 11.3 Å². The van der Waals surface area contributed by atoms with Crippen LogP contribution in [0.25, 0.3) is 21.8 Å². The number of methoxy groups -OCH3 is 1. The van der Waals surface area contributed by atoms with Gasteiger partial charge >= 0.3 is 0 Å². The number of H-pyrrole nitrogens is 1. The molecule has 0 saturated carbocycles. The van der Waals surface area contributed by atoms with Gasteiger partial charge in [0.2, 0.25) is 5.88 Å². The number of benzene rings is 2. The number of para-hydroxylation sites is 1. The molecule has 0 aliphatic rings. The second-order valence-corrected chi connectivity index (χ2v) is 7.71. The number of aromatic nitrogens is 3. The molecular formula is C23H25N5O3. The van der Waals surface area contributed by atoms with Gasteiger partial charge in [0.1, 0.15) is 0 Å². The van der Waals surface area contributed by atoms with Crippen LogP contribution in [0.1, 0.15) is 31.7 Å². The molecule has 31 heavy (non-hydrogen) atoms. The quantitative estimate of drug-likeness (QED) is 0.319. The van der Waals surface area contributed by atoms with E-state index in [2.05, 4.69) is 34.0 Å². The number of hydrogen-bond acceptors (Lipinski definition) is 6. The van der Waals surface area contributed by atoms with Crippen molar-refractivity contribution in [1.29, 1.82) is 0 Å². The third-order valence-electron chi connectivity index (χ3n) is 5.25. The molecule has 8 nitrogen and oxygen atoms in total. The molecule has 0 aliphatic heterocycles. The topological polar surface area (TPSA) is 105 Å². The lowest BCUT2D eigenvalue weighted by molar-refractivity contribution is 0.190. The highest BCUT2D eigenvalue weighted by Gasteiger charge is 2.14. The number of azo groups is 1. The Bertz CT molecular complexity index is 1320. The summed E-state index contributed by atoms with van der Waals surface area (Å²) in [6, 6.07) is 13.1. The van der Waals surface area contributed by atoms with E-state index in [-0.39, 0.29) is 17.4 Å². The highest BCUT2D eigenvalue weighted by atomic mass is 16.5. The van der Waals surface area contributed by atoms with Crippen molar-refractivity contribution in [3.05, 3.63) is 58.4 Å². The van der Waals surface area contributed by atoms with Gasteiger partial charge in [0.05, 0.1) is 16.4 Å². The standard InChI is InChI=1S/C23H25N5O3/c1-14(2)15-9-10-19-17(13-15)20(21(29)24-19)26-27-23-25-18-8-5-4-7-16(18)22(30)28(23)11-6-12-31-3/h4-5,7-10,13-14,24,29H,6,11-12H2,1-3H3. The maximum Gasteiger partial charge on any atom is 0.262 e. The number of hydrogen-bond donors (Lipinski definition) is 2. The van der Waals surface area contributed by atoms with Crippen molar-refractivity contribution in [2.24, 2.45) is 10.2 Å². The van der Waals surface area contributed by atoms with Gasteiger partial charge < -0.3 is 14.8 Å². The first-order valence-electron chi connectivity index (χ1n) is 10.2. The first-order chi connectivity index (χ1) is 15.0. The van der Waals surface area contributed by atoms with Crippen molar-refractivity contribution in [3.8, 4) is 5.88 Å². The summed E-state index contributed by atoms with van der Waals surface area (Å²) in [5.41, 5.74) is 2.59. The second kappa shape index (κ2) is 8.69. The minimum Gasteiger partial charge on any atom is -0.493 e. The van der Waals surface area contributed by atoms with Gasteiger partial charge in [-0.25, -0.2) is 4.98 Å². The number of rotatable bonds is 7. The minimum atomic E-state index is -0.180. The van der Waals surface area contributed by atoms with E-state index >= 15 is 0 Å².